The summed E-state index contributed by atoms with van der Waals surface area (Å²) in [5.41, 5.74) is 2.19. The number of hydrogen-bond acceptors (Lipinski definition) is 3. The van der Waals surface area contributed by atoms with Gasteiger partial charge in [-0.25, -0.2) is 0 Å². The summed E-state index contributed by atoms with van der Waals surface area (Å²) in [6, 6.07) is 0. The summed E-state index contributed by atoms with van der Waals surface area (Å²) in [5.74, 6) is 2.29. The molecule has 1 spiro atoms. The Morgan fingerprint density at radius 1 is 1.04 bits per heavy atom. The highest BCUT2D eigenvalue weighted by molar-refractivity contribution is 5.56. The number of carbonyl (C=O) groups excluding carboxylic acids is 1. The summed E-state index contributed by atoms with van der Waals surface area (Å²) in [6.45, 7) is 6.44. The maximum atomic E-state index is 11.6. The molecule has 5 aliphatic rings. The third-order valence-corrected chi connectivity index (χ3v) is 9.16. The zero-order valence-electron chi connectivity index (χ0n) is 15.8. The first kappa shape index (κ1) is 16.5. The molecule has 3 heteroatoms. The fourth-order valence-corrected chi connectivity index (χ4v) is 7.61. The Hall–Kier alpha value is -0.670. The van der Waals surface area contributed by atoms with Crippen molar-refractivity contribution >= 4 is 6.29 Å². The number of hydrogen-bond donors (Lipinski definition) is 0. The number of rotatable bonds is 1. The molecular weight excluding hydrogens is 312 g/mol. The van der Waals surface area contributed by atoms with Crippen molar-refractivity contribution in [3.63, 3.8) is 0 Å². The average molecular weight is 344 g/mol. The standard InChI is InChI=1S/C22H32O3/c1-20-8-7-19-17(18(20)6-4-16(20)14-23)5-3-15-13-22(24-11-12-25-22)10-9-21(15,19)2/h3,14,16-19H,4-13H2,1-2H3/t16-,17+,18+,19+,20-,21+/m0/s1. The van der Waals surface area contributed by atoms with Crippen LogP contribution in [0.4, 0.5) is 0 Å². The van der Waals surface area contributed by atoms with Crippen LogP contribution in [0.2, 0.25) is 0 Å². The molecule has 4 fully saturated rings. The first-order chi connectivity index (χ1) is 12.0. The molecule has 0 aromatic heterocycles. The monoisotopic (exact) mass is 344 g/mol. The van der Waals surface area contributed by atoms with E-state index in [0.717, 1.165) is 50.2 Å². The van der Waals surface area contributed by atoms with Crippen molar-refractivity contribution in [1.29, 1.82) is 0 Å². The second kappa shape index (κ2) is 5.42. The fourth-order valence-electron chi connectivity index (χ4n) is 7.61. The molecule has 6 atom stereocenters. The van der Waals surface area contributed by atoms with Crippen LogP contribution in [0.25, 0.3) is 0 Å². The van der Waals surface area contributed by atoms with Gasteiger partial charge >= 0.3 is 0 Å². The van der Waals surface area contributed by atoms with E-state index in [4.69, 9.17) is 9.47 Å². The summed E-state index contributed by atoms with van der Waals surface area (Å²) in [6.07, 6.45) is 13.2. The second-order valence-electron chi connectivity index (χ2n) is 9.91. The molecule has 0 unspecified atom stereocenters. The van der Waals surface area contributed by atoms with Gasteiger partial charge in [0.1, 0.15) is 6.29 Å². The van der Waals surface area contributed by atoms with E-state index in [-0.39, 0.29) is 11.2 Å². The lowest BCUT2D eigenvalue weighted by Crippen LogP contribution is -2.52. The predicted molar refractivity (Wildman–Crippen MR) is 95.9 cm³/mol. The molecule has 0 amide bonds. The van der Waals surface area contributed by atoms with E-state index in [1.54, 1.807) is 5.57 Å². The van der Waals surface area contributed by atoms with Gasteiger partial charge in [0.15, 0.2) is 5.79 Å². The van der Waals surface area contributed by atoms with E-state index in [0.29, 0.717) is 11.3 Å². The highest BCUT2D eigenvalue weighted by Crippen LogP contribution is 2.66. The molecular formula is C22H32O3. The Kier molecular flexibility index (Phi) is 3.58. The first-order valence-electron chi connectivity index (χ1n) is 10.4. The van der Waals surface area contributed by atoms with Crippen molar-refractivity contribution in [1.82, 2.24) is 0 Å². The van der Waals surface area contributed by atoms with Crippen molar-refractivity contribution in [2.45, 2.75) is 71.0 Å². The Morgan fingerprint density at radius 3 is 2.60 bits per heavy atom. The van der Waals surface area contributed by atoms with Gasteiger partial charge in [0.05, 0.1) is 13.2 Å². The van der Waals surface area contributed by atoms with Crippen LogP contribution in [0, 0.1) is 34.5 Å². The molecule has 138 valence electrons. The summed E-state index contributed by atoms with van der Waals surface area (Å²) in [5, 5.41) is 0. The highest BCUT2D eigenvalue weighted by Gasteiger charge is 2.60. The van der Waals surface area contributed by atoms with Gasteiger partial charge in [-0.05, 0) is 67.1 Å². The molecule has 4 aliphatic carbocycles. The molecule has 1 saturated heterocycles. The lowest BCUT2D eigenvalue weighted by molar-refractivity contribution is -0.185. The van der Waals surface area contributed by atoms with Crippen LogP contribution in [0.3, 0.4) is 0 Å². The number of fused-ring (bicyclic) bond motifs is 5. The minimum Gasteiger partial charge on any atom is -0.347 e. The van der Waals surface area contributed by atoms with Gasteiger partial charge < -0.3 is 14.3 Å². The summed E-state index contributed by atoms with van der Waals surface area (Å²) >= 11 is 0. The van der Waals surface area contributed by atoms with Crippen LogP contribution in [0.1, 0.15) is 65.2 Å². The minimum atomic E-state index is -0.308. The van der Waals surface area contributed by atoms with Crippen LogP contribution < -0.4 is 0 Å². The molecule has 3 saturated carbocycles. The van der Waals surface area contributed by atoms with Gasteiger partial charge in [0, 0.05) is 18.8 Å². The molecule has 0 radical (unpaired) electrons. The minimum absolute atomic E-state index is 0.262. The predicted octanol–water partition coefficient (Wildman–Crippen LogP) is 4.51. The SMILES string of the molecule is C[C@@]12CC[C@@H]3[C@H](CC=C4CC5(CC[C@]43C)OCCO5)[C@H]1CC[C@H]2C=O. The van der Waals surface area contributed by atoms with E-state index < -0.39 is 0 Å². The number of aldehydes is 1. The largest absolute Gasteiger partial charge is 0.347 e. The molecule has 3 nitrogen and oxygen atoms in total. The van der Waals surface area contributed by atoms with Crippen LogP contribution in [0.5, 0.6) is 0 Å². The number of ether oxygens (including phenoxy) is 2. The fraction of sp³-hybridized carbons (Fsp3) is 0.864. The van der Waals surface area contributed by atoms with Gasteiger partial charge in [0.25, 0.3) is 0 Å². The second-order valence-corrected chi connectivity index (χ2v) is 9.91. The van der Waals surface area contributed by atoms with Gasteiger partial charge in [-0.3, -0.25) is 0 Å². The van der Waals surface area contributed by atoms with Gasteiger partial charge in [0.2, 0.25) is 0 Å². The lowest BCUT2D eigenvalue weighted by atomic mass is 9.47. The van der Waals surface area contributed by atoms with Crippen LogP contribution in [0.15, 0.2) is 11.6 Å². The van der Waals surface area contributed by atoms with E-state index in [1.807, 2.05) is 0 Å². The summed E-state index contributed by atoms with van der Waals surface area (Å²) in [4.78, 5) is 11.6. The third kappa shape index (κ3) is 2.15. The van der Waals surface area contributed by atoms with Crippen LogP contribution in [-0.2, 0) is 14.3 Å². The Labute approximate surface area is 151 Å². The van der Waals surface area contributed by atoms with Crippen molar-refractivity contribution in [2.75, 3.05) is 13.2 Å². The third-order valence-electron chi connectivity index (χ3n) is 9.16. The maximum absolute atomic E-state index is 11.6. The maximum Gasteiger partial charge on any atom is 0.172 e. The van der Waals surface area contributed by atoms with E-state index in [1.165, 1.54) is 38.4 Å². The Bertz CT molecular complexity index is 604. The zero-order valence-corrected chi connectivity index (χ0v) is 15.8. The van der Waals surface area contributed by atoms with Crippen molar-refractivity contribution < 1.29 is 14.3 Å². The van der Waals surface area contributed by atoms with Crippen LogP contribution >= 0.6 is 0 Å². The zero-order chi connectivity index (χ0) is 17.3. The topological polar surface area (TPSA) is 35.5 Å². The smallest absolute Gasteiger partial charge is 0.172 e. The number of carbonyl (C=O) groups is 1. The van der Waals surface area contributed by atoms with Crippen molar-refractivity contribution in [2.24, 2.45) is 34.5 Å². The molecule has 5 rings (SSSR count). The lowest BCUT2D eigenvalue weighted by Gasteiger charge is -2.58. The summed E-state index contributed by atoms with van der Waals surface area (Å²) < 4.78 is 12.0. The number of allylic oxidation sites excluding steroid dienone is 1. The molecule has 1 aliphatic heterocycles. The van der Waals surface area contributed by atoms with Gasteiger partial charge in [-0.2, -0.15) is 0 Å². The molecule has 25 heavy (non-hydrogen) atoms. The molecule has 0 N–H and O–H groups in total. The molecule has 0 aromatic carbocycles. The van der Waals surface area contributed by atoms with Crippen molar-refractivity contribution in [3.05, 3.63) is 11.6 Å². The average Bonchev–Trinajstić information content (AvgIpc) is 3.19. The normalized spacial score (nSPS) is 50.7. The Morgan fingerprint density at radius 2 is 1.84 bits per heavy atom. The molecule has 1 heterocycles. The van der Waals surface area contributed by atoms with E-state index in [9.17, 15) is 4.79 Å². The Balaban J connectivity index is 1.45. The molecule has 0 aromatic rings. The quantitative estimate of drug-likeness (QED) is 0.519. The van der Waals surface area contributed by atoms with Gasteiger partial charge in [-0.15, -0.1) is 0 Å². The van der Waals surface area contributed by atoms with E-state index >= 15 is 0 Å². The van der Waals surface area contributed by atoms with Gasteiger partial charge in [-0.1, -0.05) is 25.5 Å². The first-order valence-corrected chi connectivity index (χ1v) is 10.4. The van der Waals surface area contributed by atoms with Crippen molar-refractivity contribution in [3.8, 4) is 0 Å². The summed E-state index contributed by atoms with van der Waals surface area (Å²) in [7, 11) is 0. The molecule has 0 bridgehead atoms. The van der Waals surface area contributed by atoms with Crippen LogP contribution in [-0.4, -0.2) is 25.3 Å². The van der Waals surface area contributed by atoms with E-state index in [2.05, 4.69) is 19.9 Å². The highest BCUT2D eigenvalue weighted by atomic mass is 16.7.